The molecule has 2 aromatic carbocycles. The zero-order valence-corrected chi connectivity index (χ0v) is 19.4. The van der Waals surface area contributed by atoms with E-state index >= 15 is 0 Å². The van der Waals surface area contributed by atoms with E-state index < -0.39 is 16.7 Å². The van der Waals surface area contributed by atoms with Gasteiger partial charge in [0.2, 0.25) is 5.95 Å². The van der Waals surface area contributed by atoms with Gasteiger partial charge in [-0.2, -0.15) is 9.44 Å². The van der Waals surface area contributed by atoms with Gasteiger partial charge in [0.15, 0.2) is 5.82 Å². The van der Waals surface area contributed by atoms with E-state index in [1.54, 1.807) is 26.0 Å². The molecule has 160 valence electrons. The van der Waals surface area contributed by atoms with Crippen LogP contribution in [0.15, 0.2) is 59.5 Å². The summed E-state index contributed by atoms with van der Waals surface area (Å²) in [5, 5.41) is 4.46. The third kappa shape index (κ3) is 4.96. The van der Waals surface area contributed by atoms with Gasteiger partial charge in [0.1, 0.15) is 0 Å². The summed E-state index contributed by atoms with van der Waals surface area (Å²) >= 11 is 5.63. The van der Waals surface area contributed by atoms with E-state index in [1.807, 2.05) is 37.3 Å². The lowest BCUT2D eigenvalue weighted by Crippen LogP contribution is -2.18. The molecule has 0 atom stereocenters. The van der Waals surface area contributed by atoms with Crippen molar-refractivity contribution in [2.45, 2.75) is 25.7 Å². The molecule has 0 radical (unpaired) electrons. The van der Waals surface area contributed by atoms with Gasteiger partial charge >= 0.3 is 6.64 Å². The number of rotatable bonds is 9. The minimum atomic E-state index is -3.92. The van der Waals surface area contributed by atoms with E-state index in [9.17, 15) is 8.42 Å². The van der Waals surface area contributed by atoms with Crippen LogP contribution in [-0.2, 0) is 30.9 Å². The fraction of sp³-hybridized carbons (Fsp3) is 0.263. The van der Waals surface area contributed by atoms with E-state index in [0.29, 0.717) is 11.4 Å². The third-order valence-corrected chi connectivity index (χ3v) is 8.35. The maximum Gasteiger partial charge on any atom is 0.313 e. The summed E-state index contributed by atoms with van der Waals surface area (Å²) < 4.78 is 41.1. The van der Waals surface area contributed by atoms with Crippen LogP contribution in [0.25, 0.3) is 11.4 Å². The van der Waals surface area contributed by atoms with Crippen LogP contribution in [0.2, 0.25) is 0 Å². The first-order chi connectivity index (χ1) is 14.3. The van der Waals surface area contributed by atoms with Crippen LogP contribution in [-0.4, -0.2) is 36.2 Å². The fourth-order valence-electron chi connectivity index (χ4n) is 2.62. The minimum Gasteiger partial charge on any atom is -0.313 e. The highest BCUT2D eigenvalue weighted by Crippen LogP contribution is 2.51. The molecule has 0 unspecified atom stereocenters. The zero-order chi connectivity index (χ0) is 21.8. The monoisotopic (exact) mass is 466 g/mol. The van der Waals surface area contributed by atoms with Gasteiger partial charge < -0.3 is 9.05 Å². The van der Waals surface area contributed by atoms with Crippen LogP contribution in [0, 0.1) is 6.92 Å². The number of hydrogen-bond donors (Lipinski definition) is 1. The number of aromatic nitrogens is 3. The van der Waals surface area contributed by atoms with Gasteiger partial charge in [0.05, 0.1) is 18.1 Å². The lowest BCUT2D eigenvalue weighted by atomic mass is 10.2. The van der Waals surface area contributed by atoms with E-state index in [-0.39, 0.29) is 24.1 Å². The predicted octanol–water partition coefficient (Wildman–Crippen LogP) is 4.20. The number of benzene rings is 2. The largest absolute Gasteiger partial charge is 0.313 e. The molecule has 30 heavy (non-hydrogen) atoms. The van der Waals surface area contributed by atoms with Crippen molar-refractivity contribution in [1.29, 1.82) is 0 Å². The molecule has 0 spiro atoms. The summed E-state index contributed by atoms with van der Waals surface area (Å²) in [6, 6.07) is 15.7. The maximum absolute atomic E-state index is 13.0. The van der Waals surface area contributed by atoms with Crippen molar-refractivity contribution >= 4 is 34.4 Å². The van der Waals surface area contributed by atoms with Crippen molar-refractivity contribution < 1.29 is 17.5 Å². The Morgan fingerprint density at radius 3 is 2.20 bits per heavy atom. The van der Waals surface area contributed by atoms with Crippen molar-refractivity contribution in [3.05, 3.63) is 60.2 Å². The average molecular weight is 467 g/mol. The van der Waals surface area contributed by atoms with E-state index in [0.717, 1.165) is 5.56 Å². The Morgan fingerprint density at radius 2 is 1.63 bits per heavy atom. The molecule has 0 aliphatic carbocycles. The lowest BCUT2D eigenvalue weighted by Gasteiger charge is -2.21. The van der Waals surface area contributed by atoms with Gasteiger partial charge in [-0.15, -0.1) is 5.10 Å². The quantitative estimate of drug-likeness (QED) is 0.472. The zero-order valence-electron chi connectivity index (χ0n) is 16.8. The van der Waals surface area contributed by atoms with Crippen LogP contribution in [0.4, 0.5) is 5.95 Å². The third-order valence-electron chi connectivity index (χ3n) is 4.00. The van der Waals surface area contributed by atoms with Gasteiger partial charge in [-0.3, -0.25) is 0 Å². The summed E-state index contributed by atoms with van der Waals surface area (Å²) in [4.78, 5) is 4.50. The molecule has 1 heterocycles. The lowest BCUT2D eigenvalue weighted by molar-refractivity contribution is 0.257. The molecule has 0 saturated heterocycles. The first kappa shape index (κ1) is 22.6. The first-order valence-corrected chi connectivity index (χ1v) is 13.4. The average Bonchev–Trinajstić information content (AvgIpc) is 3.13. The Labute approximate surface area is 181 Å². The van der Waals surface area contributed by atoms with Crippen LogP contribution in [0.1, 0.15) is 19.4 Å². The summed E-state index contributed by atoms with van der Waals surface area (Å²) in [6.07, 6.45) is 0. The second-order valence-electron chi connectivity index (χ2n) is 6.24. The summed E-state index contributed by atoms with van der Waals surface area (Å²) in [5.74, 6) is 0.255. The van der Waals surface area contributed by atoms with Crippen molar-refractivity contribution in [1.82, 2.24) is 14.5 Å². The highest BCUT2D eigenvalue weighted by atomic mass is 32.5. The maximum atomic E-state index is 13.0. The Hall–Kier alpha value is -2.10. The number of nitrogens with zero attached hydrogens (tertiary/aromatic N) is 3. The van der Waals surface area contributed by atoms with Crippen molar-refractivity contribution in [3.63, 3.8) is 0 Å². The fourth-order valence-corrected chi connectivity index (χ4v) is 6.11. The number of sulfonamides is 1. The standard InChI is InChI=1S/C19H23N4O4PS2/c1-4-26-28(29,27-5-2)23-19(20-18(21-23)16-9-7-6-8-10-16)22-30(24,25)17-13-11-15(3)12-14-17/h6-14H,4-5H2,1-3H3,(H,20,21,22). The number of hydrogen-bond acceptors (Lipinski definition) is 7. The van der Waals surface area contributed by atoms with Gasteiger partial charge in [-0.05, 0) is 44.7 Å². The first-order valence-electron chi connectivity index (χ1n) is 9.31. The second-order valence-corrected chi connectivity index (χ2v) is 11.1. The van der Waals surface area contributed by atoms with Crippen molar-refractivity contribution in [2.75, 3.05) is 17.9 Å². The van der Waals surface area contributed by atoms with E-state index in [2.05, 4.69) is 14.8 Å². The normalized spacial score (nSPS) is 12.1. The van der Waals surface area contributed by atoms with Gasteiger partial charge in [-0.1, -0.05) is 48.0 Å². The molecule has 11 heteroatoms. The molecule has 0 saturated carbocycles. The molecule has 0 aliphatic heterocycles. The van der Waals surface area contributed by atoms with Crippen molar-refractivity contribution in [2.24, 2.45) is 0 Å². The highest BCUT2D eigenvalue weighted by molar-refractivity contribution is 8.09. The van der Waals surface area contributed by atoms with Gasteiger partial charge in [-0.25, -0.2) is 13.1 Å². The molecule has 0 aliphatic rings. The number of aryl methyl sites for hydroxylation is 1. The molecule has 1 aromatic heterocycles. The number of nitrogens with one attached hydrogen (secondary N) is 1. The van der Waals surface area contributed by atoms with E-state index in [4.69, 9.17) is 20.9 Å². The Kier molecular flexibility index (Phi) is 7.05. The van der Waals surface area contributed by atoms with Crippen molar-refractivity contribution in [3.8, 4) is 11.4 Å². The smallest absolute Gasteiger partial charge is 0.313 e. The molecule has 0 fully saturated rings. The van der Waals surface area contributed by atoms with Crippen LogP contribution < -0.4 is 4.72 Å². The summed E-state index contributed by atoms with van der Waals surface area (Å²) in [5.41, 5.74) is 1.66. The van der Waals surface area contributed by atoms with Gasteiger partial charge in [0.25, 0.3) is 10.0 Å². The molecule has 0 bridgehead atoms. The molecular formula is C19H23N4O4PS2. The second kappa shape index (κ2) is 9.36. The molecule has 3 aromatic rings. The number of anilines is 1. The molecular weight excluding hydrogens is 443 g/mol. The SMILES string of the molecule is CCOP(=S)(OCC)n1nc(-c2ccccc2)nc1NS(=O)(=O)c1ccc(C)cc1. The summed E-state index contributed by atoms with van der Waals surface area (Å²) in [6.45, 7) is 2.86. The van der Waals surface area contributed by atoms with Crippen LogP contribution in [0.3, 0.4) is 0 Å². The van der Waals surface area contributed by atoms with E-state index in [1.165, 1.54) is 16.6 Å². The molecule has 8 nitrogen and oxygen atoms in total. The minimum absolute atomic E-state index is 0.0559. The van der Waals surface area contributed by atoms with Crippen LogP contribution in [0.5, 0.6) is 0 Å². The molecule has 3 rings (SSSR count). The Balaban J connectivity index is 2.10. The Bertz CT molecular complexity index is 1140. The predicted molar refractivity (Wildman–Crippen MR) is 120 cm³/mol. The molecule has 0 amide bonds. The topological polar surface area (TPSA) is 95.3 Å². The van der Waals surface area contributed by atoms with Gasteiger partial charge in [0, 0.05) is 5.56 Å². The summed E-state index contributed by atoms with van der Waals surface area (Å²) in [7, 11) is -3.92. The van der Waals surface area contributed by atoms with Crippen LogP contribution >= 0.6 is 6.64 Å². The molecule has 1 N–H and O–H groups in total. The highest BCUT2D eigenvalue weighted by Gasteiger charge is 2.30. The Morgan fingerprint density at radius 1 is 1.03 bits per heavy atom.